The van der Waals surface area contributed by atoms with E-state index in [-0.39, 0.29) is 0 Å². The van der Waals surface area contributed by atoms with Crippen LogP contribution in [0.15, 0.2) is 23.1 Å². The van der Waals surface area contributed by atoms with Crippen molar-refractivity contribution in [2.24, 2.45) is 0 Å². The lowest BCUT2D eigenvalue weighted by molar-refractivity contribution is -0.132. The summed E-state index contributed by atoms with van der Waals surface area (Å²) < 4.78 is 0. The van der Waals surface area contributed by atoms with Gasteiger partial charge in [-0.25, -0.2) is 4.79 Å². The summed E-state index contributed by atoms with van der Waals surface area (Å²) in [5, 5.41) is 14.2. The van der Waals surface area contributed by atoms with Crippen LogP contribution in [-0.2, 0) is 4.79 Å². The zero-order valence-electron chi connectivity index (χ0n) is 8.27. The summed E-state index contributed by atoms with van der Waals surface area (Å²) in [6, 6.07) is 4.38. The molecule has 0 aromatic carbocycles. The topological polar surface area (TPSA) is 49.3 Å². The van der Waals surface area contributed by atoms with Crippen molar-refractivity contribution in [1.29, 1.82) is 0 Å². The van der Waals surface area contributed by atoms with Crippen molar-refractivity contribution in [1.82, 2.24) is 5.32 Å². The van der Waals surface area contributed by atoms with Crippen molar-refractivity contribution in [3.63, 3.8) is 0 Å². The number of carboxylic acids is 1. The summed E-state index contributed by atoms with van der Waals surface area (Å²) in [4.78, 5) is 11.9. The lowest BCUT2D eigenvalue weighted by Crippen LogP contribution is -2.22. The molecule has 4 heteroatoms. The van der Waals surface area contributed by atoms with E-state index < -0.39 is 5.97 Å². The predicted octanol–water partition coefficient (Wildman–Crippen LogP) is 1.97. The zero-order chi connectivity index (χ0) is 10.7. The standard InChI is InChI=1S/C11H13NO2S/c13-11(14)8(7-12-9-3-4-9)6-10-2-1-5-15-10/h1-2,5-6,9,12H,3-4,7H2,(H,13,14). The molecular formula is C11H13NO2S. The van der Waals surface area contributed by atoms with E-state index in [9.17, 15) is 4.79 Å². The minimum absolute atomic E-state index is 0.435. The van der Waals surface area contributed by atoms with Crippen LogP contribution in [0.25, 0.3) is 6.08 Å². The number of hydrogen-bond donors (Lipinski definition) is 2. The lowest BCUT2D eigenvalue weighted by Gasteiger charge is -2.02. The van der Waals surface area contributed by atoms with Gasteiger partial charge in [-0.05, 0) is 30.4 Å². The van der Waals surface area contributed by atoms with E-state index >= 15 is 0 Å². The number of rotatable bonds is 5. The van der Waals surface area contributed by atoms with Crippen molar-refractivity contribution in [2.45, 2.75) is 18.9 Å². The Labute approximate surface area is 92.4 Å². The molecule has 1 heterocycles. The largest absolute Gasteiger partial charge is 0.478 e. The van der Waals surface area contributed by atoms with Crippen molar-refractivity contribution in [3.8, 4) is 0 Å². The molecule has 1 saturated carbocycles. The normalized spacial score (nSPS) is 16.7. The molecule has 0 unspecified atom stereocenters. The lowest BCUT2D eigenvalue weighted by atomic mass is 10.2. The van der Waals surface area contributed by atoms with Crippen LogP contribution in [0, 0.1) is 0 Å². The second-order valence-electron chi connectivity index (χ2n) is 3.65. The predicted molar refractivity (Wildman–Crippen MR) is 61.0 cm³/mol. The Kier molecular flexibility index (Phi) is 3.18. The first-order valence-corrected chi connectivity index (χ1v) is 5.84. The van der Waals surface area contributed by atoms with Gasteiger partial charge in [0.15, 0.2) is 0 Å². The molecule has 0 spiro atoms. The summed E-state index contributed by atoms with van der Waals surface area (Å²) in [7, 11) is 0. The number of hydrogen-bond acceptors (Lipinski definition) is 3. The molecule has 1 aromatic rings. The molecule has 0 bridgehead atoms. The number of carbonyl (C=O) groups is 1. The van der Waals surface area contributed by atoms with E-state index in [1.807, 2.05) is 17.5 Å². The first-order chi connectivity index (χ1) is 7.25. The third kappa shape index (κ3) is 3.18. The van der Waals surface area contributed by atoms with Gasteiger partial charge in [0, 0.05) is 17.5 Å². The van der Waals surface area contributed by atoms with Gasteiger partial charge >= 0.3 is 5.97 Å². The maximum Gasteiger partial charge on any atom is 0.332 e. The minimum atomic E-state index is -0.837. The number of thiophene rings is 1. The molecule has 3 nitrogen and oxygen atoms in total. The molecule has 1 fully saturated rings. The highest BCUT2D eigenvalue weighted by molar-refractivity contribution is 7.10. The molecule has 2 N–H and O–H groups in total. The van der Waals surface area contributed by atoms with Crippen LogP contribution in [0.1, 0.15) is 17.7 Å². The van der Waals surface area contributed by atoms with Crippen molar-refractivity contribution in [2.75, 3.05) is 6.54 Å². The van der Waals surface area contributed by atoms with Gasteiger partial charge in [-0.1, -0.05) is 6.07 Å². The average Bonchev–Trinajstić information content (AvgIpc) is 2.89. The molecule has 0 atom stereocenters. The SMILES string of the molecule is O=C(O)C(=Cc1cccs1)CNC1CC1. The Balaban J connectivity index is 2.00. The van der Waals surface area contributed by atoms with E-state index in [2.05, 4.69) is 5.32 Å². The van der Waals surface area contributed by atoms with Crippen LogP contribution in [0.5, 0.6) is 0 Å². The maximum absolute atomic E-state index is 11.0. The Morgan fingerprint density at radius 2 is 2.47 bits per heavy atom. The van der Waals surface area contributed by atoms with Gasteiger partial charge in [-0.3, -0.25) is 0 Å². The van der Waals surface area contributed by atoms with Crippen molar-refractivity contribution < 1.29 is 9.90 Å². The van der Waals surface area contributed by atoms with Gasteiger partial charge < -0.3 is 10.4 Å². The monoisotopic (exact) mass is 223 g/mol. The van der Waals surface area contributed by atoms with Crippen LogP contribution < -0.4 is 5.32 Å². The molecular weight excluding hydrogens is 210 g/mol. The van der Waals surface area contributed by atoms with E-state index in [1.54, 1.807) is 17.4 Å². The summed E-state index contributed by atoms with van der Waals surface area (Å²) >= 11 is 1.55. The number of carboxylic acid groups (broad SMARTS) is 1. The number of nitrogens with one attached hydrogen (secondary N) is 1. The molecule has 2 rings (SSSR count). The minimum Gasteiger partial charge on any atom is -0.478 e. The van der Waals surface area contributed by atoms with Crippen molar-refractivity contribution >= 4 is 23.4 Å². The molecule has 1 aliphatic rings. The zero-order valence-corrected chi connectivity index (χ0v) is 9.09. The molecule has 1 aliphatic carbocycles. The van der Waals surface area contributed by atoms with Crippen molar-refractivity contribution in [3.05, 3.63) is 28.0 Å². The van der Waals surface area contributed by atoms with E-state index in [0.717, 1.165) is 4.88 Å². The van der Waals surface area contributed by atoms with Crippen LogP contribution >= 0.6 is 11.3 Å². The fourth-order valence-electron chi connectivity index (χ4n) is 1.28. The Morgan fingerprint density at radius 1 is 1.67 bits per heavy atom. The first-order valence-electron chi connectivity index (χ1n) is 4.96. The van der Waals surface area contributed by atoms with E-state index in [0.29, 0.717) is 18.2 Å². The smallest absolute Gasteiger partial charge is 0.332 e. The molecule has 15 heavy (non-hydrogen) atoms. The van der Waals surface area contributed by atoms with Crippen LogP contribution in [0.4, 0.5) is 0 Å². The fraction of sp³-hybridized carbons (Fsp3) is 0.364. The Hall–Kier alpha value is -1.13. The highest BCUT2D eigenvalue weighted by Crippen LogP contribution is 2.19. The molecule has 0 aliphatic heterocycles. The third-order valence-electron chi connectivity index (χ3n) is 2.29. The molecule has 1 aromatic heterocycles. The van der Waals surface area contributed by atoms with E-state index in [1.165, 1.54) is 12.8 Å². The second-order valence-corrected chi connectivity index (χ2v) is 4.62. The second kappa shape index (κ2) is 4.59. The van der Waals surface area contributed by atoms with Gasteiger partial charge in [-0.15, -0.1) is 11.3 Å². The fourth-order valence-corrected chi connectivity index (χ4v) is 1.96. The van der Waals surface area contributed by atoms with Crippen LogP contribution in [-0.4, -0.2) is 23.7 Å². The van der Waals surface area contributed by atoms with Gasteiger partial charge in [-0.2, -0.15) is 0 Å². The molecule has 0 saturated heterocycles. The van der Waals surface area contributed by atoms with Crippen LogP contribution in [0.3, 0.4) is 0 Å². The van der Waals surface area contributed by atoms with Gasteiger partial charge in [0.05, 0.1) is 5.57 Å². The van der Waals surface area contributed by atoms with Crippen LogP contribution in [0.2, 0.25) is 0 Å². The van der Waals surface area contributed by atoms with Gasteiger partial charge in [0.1, 0.15) is 0 Å². The number of aliphatic carboxylic acids is 1. The highest BCUT2D eigenvalue weighted by Gasteiger charge is 2.21. The third-order valence-corrected chi connectivity index (χ3v) is 3.11. The Morgan fingerprint density at radius 3 is 3.00 bits per heavy atom. The highest BCUT2D eigenvalue weighted by atomic mass is 32.1. The maximum atomic E-state index is 11.0. The van der Waals surface area contributed by atoms with E-state index in [4.69, 9.17) is 5.11 Å². The average molecular weight is 223 g/mol. The summed E-state index contributed by atoms with van der Waals surface area (Å²) in [5.41, 5.74) is 0.435. The van der Waals surface area contributed by atoms with Gasteiger partial charge in [0.25, 0.3) is 0 Å². The van der Waals surface area contributed by atoms with Gasteiger partial charge in [0.2, 0.25) is 0 Å². The summed E-state index contributed by atoms with van der Waals surface area (Å²) in [6.07, 6.45) is 4.08. The summed E-state index contributed by atoms with van der Waals surface area (Å²) in [6.45, 7) is 0.456. The quantitative estimate of drug-likeness (QED) is 0.750. The molecule has 80 valence electrons. The first kappa shape index (κ1) is 10.4. The Bertz CT molecular complexity index is 366. The molecule has 0 radical (unpaired) electrons. The summed E-state index contributed by atoms with van der Waals surface area (Å²) in [5.74, 6) is -0.837. The molecule has 0 amide bonds.